The Balaban J connectivity index is 2.03. The first-order chi connectivity index (χ1) is 14.4. The monoisotopic (exact) mass is 429 g/mol. The van der Waals surface area contributed by atoms with Gasteiger partial charge in [0.25, 0.3) is 5.56 Å². The number of amides is 2. The summed E-state index contributed by atoms with van der Waals surface area (Å²) in [5.74, 6) is -0.416. The Labute approximate surface area is 179 Å². The van der Waals surface area contributed by atoms with Gasteiger partial charge in [0.05, 0.1) is 11.1 Å². The van der Waals surface area contributed by atoms with Gasteiger partial charge in [0.1, 0.15) is 5.82 Å². The number of nitrogens with one attached hydrogen (secondary N) is 2. The molecule has 3 aromatic rings. The fourth-order valence-corrected chi connectivity index (χ4v) is 3.90. The zero-order valence-corrected chi connectivity index (χ0v) is 18.0. The average molecular weight is 430 g/mol. The smallest absolute Gasteiger partial charge is 0.322 e. The van der Waals surface area contributed by atoms with Crippen LogP contribution in [0.15, 0.2) is 53.5 Å². The van der Waals surface area contributed by atoms with Crippen LogP contribution in [0.25, 0.3) is 10.8 Å². The molecule has 7 heteroatoms. The van der Waals surface area contributed by atoms with E-state index in [0.717, 1.165) is 17.4 Å². The fraction of sp³-hybridized carbons (Fsp3) is 0.304. The minimum absolute atomic E-state index is 0.0547. The van der Waals surface area contributed by atoms with E-state index in [0.29, 0.717) is 17.6 Å². The van der Waals surface area contributed by atoms with Gasteiger partial charge >= 0.3 is 6.03 Å². The molecule has 1 unspecified atom stereocenters. The maximum Gasteiger partial charge on any atom is 0.322 e. The van der Waals surface area contributed by atoms with Crippen molar-refractivity contribution >= 4 is 34.1 Å². The number of urea groups is 1. The van der Waals surface area contributed by atoms with Gasteiger partial charge < -0.3 is 15.2 Å². The second kappa shape index (κ2) is 9.30. The van der Waals surface area contributed by atoms with E-state index >= 15 is 0 Å². The summed E-state index contributed by atoms with van der Waals surface area (Å²) in [4.78, 5) is 30.0. The molecular weight excluding hydrogens is 405 g/mol. The minimum atomic E-state index is -0.542. The summed E-state index contributed by atoms with van der Waals surface area (Å²) in [6.07, 6.45) is 2.54. The first kappa shape index (κ1) is 21.8. The highest BCUT2D eigenvalue weighted by atomic mass is 35.5. The lowest BCUT2D eigenvalue weighted by Crippen LogP contribution is -2.41. The Hall–Kier alpha value is -2.86. The third-order valence-corrected chi connectivity index (χ3v) is 5.74. The first-order valence-corrected chi connectivity index (χ1v) is 10.4. The molecule has 0 bridgehead atoms. The number of halogens is 2. The van der Waals surface area contributed by atoms with Crippen LogP contribution in [0, 0.1) is 11.7 Å². The zero-order valence-electron chi connectivity index (χ0n) is 17.2. The van der Waals surface area contributed by atoms with Crippen LogP contribution >= 0.6 is 11.6 Å². The van der Waals surface area contributed by atoms with Gasteiger partial charge in [-0.1, -0.05) is 50.1 Å². The molecule has 3 rings (SSSR count). The van der Waals surface area contributed by atoms with Crippen LogP contribution in [0.2, 0.25) is 5.02 Å². The van der Waals surface area contributed by atoms with Gasteiger partial charge in [0.2, 0.25) is 0 Å². The lowest BCUT2D eigenvalue weighted by molar-refractivity contribution is 0.166. The molecule has 1 aromatic heterocycles. The van der Waals surface area contributed by atoms with E-state index in [2.05, 4.69) is 24.1 Å². The highest BCUT2D eigenvalue weighted by molar-refractivity contribution is 6.31. The minimum Gasteiger partial charge on any atom is -0.328 e. The highest BCUT2D eigenvalue weighted by Gasteiger charge is 2.30. The lowest BCUT2D eigenvalue weighted by atomic mass is 9.89. The van der Waals surface area contributed by atoms with Gasteiger partial charge in [-0.25, -0.2) is 9.18 Å². The molecule has 0 aliphatic rings. The molecular formula is C23H25ClFN3O2. The molecule has 2 atom stereocenters. The summed E-state index contributed by atoms with van der Waals surface area (Å²) in [7, 11) is 0. The van der Waals surface area contributed by atoms with Crippen molar-refractivity contribution in [2.24, 2.45) is 5.92 Å². The predicted molar refractivity (Wildman–Crippen MR) is 120 cm³/mol. The first-order valence-electron chi connectivity index (χ1n) is 10.00. The molecule has 1 heterocycles. The third kappa shape index (κ3) is 4.33. The summed E-state index contributed by atoms with van der Waals surface area (Å²) in [5, 5.41) is 4.17. The molecule has 0 radical (unpaired) electrons. The maximum atomic E-state index is 13.5. The molecule has 0 saturated heterocycles. The van der Waals surface area contributed by atoms with Crippen LogP contribution in [-0.2, 0) is 0 Å². The number of hydrogen-bond donors (Lipinski definition) is 2. The molecule has 0 saturated carbocycles. The number of nitrogens with zero attached hydrogens (tertiary/aromatic N) is 1. The third-order valence-electron chi connectivity index (χ3n) is 5.45. The zero-order chi connectivity index (χ0) is 21.8. The molecule has 0 aliphatic heterocycles. The second-order valence-electron chi connectivity index (χ2n) is 7.29. The normalized spacial score (nSPS) is 13.1. The number of carbonyl (C=O) groups excluding carboxylic acids is 1. The molecule has 158 valence electrons. The van der Waals surface area contributed by atoms with Crippen molar-refractivity contribution in [2.45, 2.75) is 33.2 Å². The topological polar surface area (TPSA) is 65.2 Å². The van der Waals surface area contributed by atoms with Gasteiger partial charge in [-0.05, 0) is 48.1 Å². The Morgan fingerprint density at radius 2 is 1.90 bits per heavy atom. The number of aromatic amines is 1. The lowest BCUT2D eigenvalue weighted by Gasteiger charge is -2.35. The Morgan fingerprint density at radius 3 is 2.53 bits per heavy atom. The van der Waals surface area contributed by atoms with Gasteiger partial charge in [-0.3, -0.25) is 4.79 Å². The summed E-state index contributed by atoms with van der Waals surface area (Å²) in [6, 6.07) is 10.9. The Morgan fingerprint density at radius 1 is 1.20 bits per heavy atom. The molecule has 2 N–H and O–H groups in total. The molecule has 2 aromatic carbocycles. The van der Waals surface area contributed by atoms with Crippen LogP contribution in [0.3, 0.4) is 0 Å². The average Bonchev–Trinajstić information content (AvgIpc) is 2.75. The van der Waals surface area contributed by atoms with Crippen LogP contribution in [0.4, 0.5) is 14.9 Å². The number of H-pyrrole nitrogens is 1. The number of pyridine rings is 1. The van der Waals surface area contributed by atoms with Crippen molar-refractivity contribution < 1.29 is 9.18 Å². The largest absolute Gasteiger partial charge is 0.328 e. The van der Waals surface area contributed by atoms with Crippen molar-refractivity contribution in [3.63, 3.8) is 0 Å². The number of anilines is 1. The van der Waals surface area contributed by atoms with Crippen molar-refractivity contribution in [1.82, 2.24) is 9.88 Å². The highest BCUT2D eigenvalue weighted by Crippen LogP contribution is 2.34. The number of benzene rings is 2. The Bertz CT molecular complexity index is 1120. The summed E-state index contributed by atoms with van der Waals surface area (Å²) >= 11 is 5.85. The number of hydrogen-bond acceptors (Lipinski definition) is 2. The quantitative estimate of drug-likeness (QED) is 0.507. The number of rotatable bonds is 6. The SMILES string of the molecule is CCC(C)[C@H](c1c[nH]c(=O)c2ccccc12)N(CC)C(=O)Nc1ccc(F)c(Cl)c1. The standard InChI is InChI=1S/C23H25ClFN3O2/c1-4-14(3)21(18-13-26-22(29)17-9-7-6-8-16(17)18)28(5-2)23(30)27-15-10-11-20(25)19(24)12-15/h6-14,21H,4-5H2,1-3H3,(H,26,29)(H,27,30)/t14?,21-/m1/s1. The molecule has 2 amide bonds. The van der Waals surface area contributed by atoms with E-state index in [-0.39, 0.29) is 28.6 Å². The number of carbonyl (C=O) groups is 1. The maximum absolute atomic E-state index is 13.5. The molecule has 0 fully saturated rings. The van der Waals surface area contributed by atoms with E-state index in [9.17, 15) is 14.0 Å². The van der Waals surface area contributed by atoms with E-state index in [1.54, 1.807) is 17.2 Å². The van der Waals surface area contributed by atoms with E-state index < -0.39 is 5.82 Å². The van der Waals surface area contributed by atoms with Crippen molar-refractivity contribution in [3.8, 4) is 0 Å². The number of aromatic nitrogens is 1. The van der Waals surface area contributed by atoms with Gasteiger partial charge in [-0.2, -0.15) is 0 Å². The van der Waals surface area contributed by atoms with Crippen LogP contribution in [-0.4, -0.2) is 22.5 Å². The van der Waals surface area contributed by atoms with Gasteiger partial charge in [-0.15, -0.1) is 0 Å². The predicted octanol–water partition coefficient (Wildman–Crippen LogP) is 5.96. The van der Waals surface area contributed by atoms with E-state index in [1.165, 1.54) is 18.2 Å². The number of fused-ring (bicyclic) bond motifs is 1. The fourth-order valence-electron chi connectivity index (χ4n) is 3.72. The van der Waals surface area contributed by atoms with Crippen molar-refractivity contribution in [2.75, 3.05) is 11.9 Å². The molecule has 0 spiro atoms. The van der Waals surface area contributed by atoms with E-state index in [4.69, 9.17) is 11.6 Å². The molecule has 30 heavy (non-hydrogen) atoms. The summed E-state index contributed by atoms with van der Waals surface area (Å²) in [5.41, 5.74) is 1.14. The van der Waals surface area contributed by atoms with Gasteiger partial charge in [0.15, 0.2) is 0 Å². The molecule has 0 aliphatic carbocycles. The summed E-state index contributed by atoms with van der Waals surface area (Å²) in [6.45, 7) is 6.50. The van der Waals surface area contributed by atoms with Crippen molar-refractivity contribution in [3.05, 3.63) is 75.4 Å². The second-order valence-corrected chi connectivity index (χ2v) is 7.70. The van der Waals surface area contributed by atoms with E-state index in [1.807, 2.05) is 25.1 Å². The van der Waals surface area contributed by atoms with Crippen molar-refractivity contribution in [1.29, 1.82) is 0 Å². The summed E-state index contributed by atoms with van der Waals surface area (Å²) < 4.78 is 13.5. The van der Waals surface area contributed by atoms with Gasteiger partial charge in [0, 0.05) is 23.8 Å². The van der Waals surface area contributed by atoms with Crippen LogP contribution < -0.4 is 10.9 Å². The molecule has 5 nitrogen and oxygen atoms in total. The Kier molecular flexibility index (Phi) is 6.77. The van der Waals surface area contributed by atoms with Crippen LogP contribution in [0.5, 0.6) is 0 Å². The van der Waals surface area contributed by atoms with Crippen LogP contribution in [0.1, 0.15) is 38.8 Å².